The molecule has 6 rings (SSSR count). The molecule has 1 heterocycles. The number of hydrogen-bond donors (Lipinski definition) is 4. The molecule has 2 saturated carbocycles. The van der Waals surface area contributed by atoms with Gasteiger partial charge in [0.15, 0.2) is 6.10 Å². The molecule has 0 radical (unpaired) electrons. The summed E-state index contributed by atoms with van der Waals surface area (Å²) < 4.78 is 18.0. The predicted octanol–water partition coefficient (Wildman–Crippen LogP) is 3.36. The summed E-state index contributed by atoms with van der Waals surface area (Å²) in [6.07, 6.45) is -4.61. The smallest absolute Gasteiger partial charge is 0.338 e. The van der Waals surface area contributed by atoms with E-state index in [0.29, 0.717) is 29.6 Å². The first-order valence-corrected chi connectivity index (χ1v) is 16.8. The molecule has 4 aliphatic rings. The van der Waals surface area contributed by atoms with Gasteiger partial charge in [-0.1, -0.05) is 74.9 Å². The van der Waals surface area contributed by atoms with Crippen molar-refractivity contribution in [2.45, 2.75) is 102 Å². The number of aliphatic hydroxyl groups is 3. The minimum Gasteiger partial charge on any atom is -0.456 e. The Labute approximate surface area is 285 Å². The third-order valence-electron chi connectivity index (χ3n) is 11.8. The van der Waals surface area contributed by atoms with Gasteiger partial charge >= 0.3 is 11.9 Å². The Kier molecular flexibility index (Phi) is 8.88. The average Bonchev–Trinajstić information content (AvgIpc) is 3.06. The van der Waals surface area contributed by atoms with Gasteiger partial charge in [-0.2, -0.15) is 0 Å². The van der Waals surface area contributed by atoms with E-state index >= 15 is 0 Å². The molecule has 2 bridgehead atoms. The van der Waals surface area contributed by atoms with E-state index < -0.39 is 76.3 Å². The largest absolute Gasteiger partial charge is 0.456 e. The lowest BCUT2D eigenvalue weighted by atomic mass is 9.46. The van der Waals surface area contributed by atoms with Crippen molar-refractivity contribution in [3.05, 3.63) is 82.9 Å². The second kappa shape index (κ2) is 12.5. The summed E-state index contributed by atoms with van der Waals surface area (Å²) in [4.78, 5) is 54.1. The van der Waals surface area contributed by atoms with Crippen molar-refractivity contribution >= 4 is 23.6 Å². The fourth-order valence-electron chi connectivity index (χ4n) is 8.78. The second-order valence-corrected chi connectivity index (χ2v) is 14.9. The minimum absolute atomic E-state index is 0.0930. The van der Waals surface area contributed by atoms with Crippen molar-refractivity contribution in [3.8, 4) is 0 Å². The van der Waals surface area contributed by atoms with Crippen molar-refractivity contribution in [2.24, 2.45) is 16.7 Å². The van der Waals surface area contributed by atoms with Crippen LogP contribution < -0.4 is 5.32 Å². The second-order valence-electron chi connectivity index (χ2n) is 14.9. The van der Waals surface area contributed by atoms with E-state index in [0.717, 1.165) is 0 Å². The van der Waals surface area contributed by atoms with E-state index in [1.807, 2.05) is 0 Å². The lowest BCUT2D eigenvalue weighted by Crippen LogP contribution is -2.77. The highest BCUT2D eigenvalue weighted by Crippen LogP contribution is 2.63. The average molecular weight is 676 g/mol. The molecular weight excluding hydrogens is 630 g/mol. The fraction of sp³-hybridized carbons (Fsp3) is 0.526. The first-order valence-electron chi connectivity index (χ1n) is 16.8. The highest BCUT2D eigenvalue weighted by molar-refractivity contribution is 5.91. The van der Waals surface area contributed by atoms with Crippen LogP contribution in [0.25, 0.3) is 0 Å². The molecule has 1 saturated heterocycles. The Bertz CT molecular complexity index is 1670. The molecule has 2 aromatic carbocycles. The predicted molar refractivity (Wildman–Crippen MR) is 176 cm³/mol. The molecule has 4 N–H and O–H groups in total. The molecule has 9 atom stereocenters. The number of benzene rings is 2. The number of carbonyl (C=O) groups excluding carboxylic acids is 4. The van der Waals surface area contributed by atoms with Crippen molar-refractivity contribution in [1.29, 1.82) is 0 Å². The molecule has 49 heavy (non-hydrogen) atoms. The van der Waals surface area contributed by atoms with Crippen molar-refractivity contribution in [1.82, 2.24) is 5.32 Å². The van der Waals surface area contributed by atoms with Gasteiger partial charge in [-0.05, 0) is 43.0 Å². The molecule has 3 fully saturated rings. The first-order chi connectivity index (χ1) is 23.0. The van der Waals surface area contributed by atoms with Crippen molar-refractivity contribution < 1.29 is 48.7 Å². The van der Waals surface area contributed by atoms with Crippen LogP contribution in [-0.2, 0) is 28.6 Å². The number of fused-ring (bicyclic) bond motifs is 5. The van der Waals surface area contributed by atoms with Crippen LogP contribution in [0.3, 0.4) is 0 Å². The maximum atomic E-state index is 14.5. The lowest BCUT2D eigenvalue weighted by Gasteiger charge is -2.65. The topological polar surface area (TPSA) is 169 Å². The summed E-state index contributed by atoms with van der Waals surface area (Å²) >= 11 is 0. The zero-order valence-corrected chi connectivity index (χ0v) is 28.5. The maximum absolute atomic E-state index is 14.5. The molecule has 11 heteroatoms. The van der Waals surface area contributed by atoms with Gasteiger partial charge in [-0.15, -0.1) is 0 Å². The Hall–Kier alpha value is -3.90. The van der Waals surface area contributed by atoms with E-state index in [4.69, 9.17) is 14.2 Å². The summed E-state index contributed by atoms with van der Waals surface area (Å²) in [5.74, 6) is -3.51. The van der Waals surface area contributed by atoms with Crippen LogP contribution in [-0.4, -0.2) is 81.2 Å². The van der Waals surface area contributed by atoms with E-state index in [1.54, 1.807) is 88.4 Å². The number of Topliss-reactive ketones (excluding diaryl/α,β-unsaturated/α-hetero) is 1. The van der Waals surface area contributed by atoms with Crippen molar-refractivity contribution in [3.63, 3.8) is 0 Å². The monoisotopic (exact) mass is 675 g/mol. The minimum atomic E-state index is -1.97. The SMILES string of the molecule is CC(=O)NC(c1ccccc1)C(O)C(=O)OC1CC2(O)C(OC(=O)c3ccccc3)C3[C@]4(O)COC4CC[C@@]3(C)C(=O)CC(=C1C)C2(C)C. The Morgan fingerprint density at radius 2 is 1.61 bits per heavy atom. The van der Waals surface area contributed by atoms with Crippen LogP contribution in [0.1, 0.15) is 82.3 Å². The van der Waals surface area contributed by atoms with Gasteiger partial charge in [0.25, 0.3) is 0 Å². The third-order valence-corrected chi connectivity index (χ3v) is 11.8. The molecule has 0 aromatic heterocycles. The van der Waals surface area contributed by atoms with E-state index in [2.05, 4.69) is 5.32 Å². The number of nitrogens with one attached hydrogen (secondary N) is 1. The highest BCUT2D eigenvalue weighted by atomic mass is 16.6. The highest BCUT2D eigenvalue weighted by Gasteiger charge is 2.73. The molecule has 11 nitrogen and oxygen atoms in total. The van der Waals surface area contributed by atoms with Crippen LogP contribution in [0.15, 0.2) is 71.8 Å². The Balaban J connectivity index is 1.44. The number of aliphatic hydroxyl groups excluding tert-OH is 1. The van der Waals surface area contributed by atoms with Gasteiger partial charge in [0, 0.05) is 36.5 Å². The van der Waals surface area contributed by atoms with Crippen LogP contribution >= 0.6 is 0 Å². The molecule has 3 aliphatic carbocycles. The van der Waals surface area contributed by atoms with Gasteiger partial charge in [0.1, 0.15) is 29.2 Å². The Morgan fingerprint density at radius 3 is 2.20 bits per heavy atom. The number of ketones is 1. The Morgan fingerprint density at radius 1 is 0.980 bits per heavy atom. The van der Waals surface area contributed by atoms with Gasteiger partial charge in [0.2, 0.25) is 5.91 Å². The summed E-state index contributed by atoms with van der Waals surface area (Å²) in [5.41, 5.74) is -4.17. The first kappa shape index (κ1) is 34.9. The number of amides is 1. The number of ether oxygens (including phenoxy) is 3. The molecule has 1 aliphatic heterocycles. The number of carbonyl (C=O) groups is 4. The van der Waals surface area contributed by atoms with E-state index in [-0.39, 0.29) is 30.8 Å². The summed E-state index contributed by atoms with van der Waals surface area (Å²) in [6.45, 7) is 8.20. The van der Waals surface area contributed by atoms with Gasteiger partial charge in [0.05, 0.1) is 24.3 Å². The molecule has 0 spiro atoms. The normalized spacial score (nSPS) is 34.5. The molecular formula is C38H45NO10. The van der Waals surface area contributed by atoms with Gasteiger partial charge in [-0.3, -0.25) is 9.59 Å². The number of esters is 2. The van der Waals surface area contributed by atoms with Crippen LogP contribution in [0.2, 0.25) is 0 Å². The van der Waals surface area contributed by atoms with Gasteiger partial charge < -0.3 is 34.8 Å². The quantitative estimate of drug-likeness (QED) is 0.252. The van der Waals surface area contributed by atoms with Gasteiger partial charge in [-0.25, -0.2) is 9.59 Å². The summed E-state index contributed by atoms with van der Waals surface area (Å²) in [5, 5.41) is 39.2. The zero-order valence-electron chi connectivity index (χ0n) is 28.5. The molecule has 262 valence electrons. The lowest BCUT2D eigenvalue weighted by molar-refractivity contribution is -0.328. The molecule has 1 amide bonds. The van der Waals surface area contributed by atoms with Crippen molar-refractivity contribution in [2.75, 3.05) is 6.61 Å². The number of hydrogen-bond acceptors (Lipinski definition) is 10. The van der Waals surface area contributed by atoms with E-state index in [1.165, 1.54) is 6.92 Å². The summed E-state index contributed by atoms with van der Waals surface area (Å²) in [6, 6.07) is 15.7. The fourth-order valence-corrected chi connectivity index (χ4v) is 8.78. The van der Waals surface area contributed by atoms with Crippen LogP contribution in [0.4, 0.5) is 0 Å². The number of rotatable bonds is 7. The molecule has 7 unspecified atom stereocenters. The summed E-state index contributed by atoms with van der Waals surface area (Å²) in [7, 11) is 0. The van der Waals surface area contributed by atoms with Crippen LogP contribution in [0, 0.1) is 16.7 Å². The standard InChI is InChI=1S/C38H45NO10/c1-21-25-18-27(41)36(5)17-16-28-37(45,20-47-28)31(36)32(49-33(43)24-14-10-7-11-15-24)38(46,35(25,3)4)19-26(21)48-34(44)30(42)29(39-22(2)40)23-12-8-6-9-13-23/h6-15,26,28-32,42,45-46H,16-20H2,1-5H3,(H,39,40)/t26?,28?,29?,30?,31?,32?,36-,37-,38?/m0/s1. The maximum Gasteiger partial charge on any atom is 0.338 e. The van der Waals surface area contributed by atoms with E-state index in [9.17, 15) is 34.5 Å². The van der Waals surface area contributed by atoms with Crippen LogP contribution in [0.5, 0.6) is 0 Å². The zero-order chi connectivity index (χ0) is 35.5. The molecule has 2 aromatic rings. The third kappa shape index (κ3) is 5.60.